The fourth-order valence-electron chi connectivity index (χ4n) is 4.35. The Bertz CT molecular complexity index is 821. The van der Waals surface area contributed by atoms with Gasteiger partial charge in [0.2, 0.25) is 0 Å². The smallest absolute Gasteiger partial charge is 0.313 e. The van der Waals surface area contributed by atoms with Crippen molar-refractivity contribution in [3.05, 3.63) is 60.2 Å². The molecule has 0 bridgehead atoms. The van der Waals surface area contributed by atoms with E-state index in [0.717, 1.165) is 32.4 Å². The van der Waals surface area contributed by atoms with E-state index < -0.39 is 11.8 Å². The first-order valence-electron chi connectivity index (χ1n) is 10.7. The van der Waals surface area contributed by atoms with Crippen LogP contribution in [0.2, 0.25) is 0 Å². The molecule has 5 heteroatoms. The number of nitrogens with zero attached hydrogens (tertiary/aromatic N) is 2. The monoisotopic (exact) mass is 391 g/mol. The molecule has 0 spiro atoms. The molecule has 2 fully saturated rings. The first kappa shape index (κ1) is 19.5. The Morgan fingerprint density at radius 3 is 2.17 bits per heavy atom. The van der Waals surface area contributed by atoms with Gasteiger partial charge in [-0.1, -0.05) is 30.3 Å². The minimum absolute atomic E-state index is 0.424. The minimum atomic E-state index is -0.541. The number of likely N-dealkylation sites (tertiary alicyclic amines) is 1. The number of nitrogens with one attached hydrogen (secondary N) is 1. The molecule has 0 radical (unpaired) electrons. The number of benzene rings is 2. The Kier molecular flexibility index (Phi) is 6.13. The van der Waals surface area contributed by atoms with Crippen LogP contribution in [0.25, 0.3) is 0 Å². The lowest BCUT2D eigenvalue weighted by atomic mass is 9.90. The molecule has 152 valence electrons. The molecule has 0 aliphatic carbocycles. The van der Waals surface area contributed by atoms with Crippen molar-refractivity contribution in [2.24, 2.45) is 5.92 Å². The van der Waals surface area contributed by atoms with E-state index in [0.29, 0.717) is 24.7 Å². The van der Waals surface area contributed by atoms with Gasteiger partial charge in [0.05, 0.1) is 0 Å². The maximum absolute atomic E-state index is 12.5. The Labute approximate surface area is 172 Å². The number of anilines is 2. The normalized spacial score (nSPS) is 17.4. The van der Waals surface area contributed by atoms with E-state index in [2.05, 4.69) is 34.5 Å². The van der Waals surface area contributed by atoms with E-state index >= 15 is 0 Å². The summed E-state index contributed by atoms with van der Waals surface area (Å²) in [4.78, 5) is 29.0. The third kappa shape index (κ3) is 4.97. The quantitative estimate of drug-likeness (QED) is 0.809. The molecular weight excluding hydrogens is 362 g/mol. The lowest BCUT2D eigenvalue weighted by molar-refractivity contribution is -0.144. The van der Waals surface area contributed by atoms with E-state index in [1.54, 1.807) is 4.90 Å². The van der Waals surface area contributed by atoms with Crippen molar-refractivity contribution in [1.29, 1.82) is 0 Å². The lowest BCUT2D eigenvalue weighted by Gasteiger charge is -2.31. The molecule has 29 heavy (non-hydrogen) atoms. The summed E-state index contributed by atoms with van der Waals surface area (Å²) in [5.74, 6) is -0.394. The van der Waals surface area contributed by atoms with Gasteiger partial charge in [-0.05, 0) is 67.9 Å². The molecule has 2 aromatic rings. The maximum atomic E-state index is 12.5. The number of hydrogen-bond acceptors (Lipinski definition) is 3. The zero-order chi connectivity index (χ0) is 20.1. The first-order chi connectivity index (χ1) is 14.2. The first-order valence-corrected chi connectivity index (χ1v) is 10.7. The Morgan fingerprint density at radius 2 is 1.52 bits per heavy atom. The summed E-state index contributed by atoms with van der Waals surface area (Å²) in [6.07, 6.45) is 5.39. The van der Waals surface area contributed by atoms with Crippen LogP contribution in [0.3, 0.4) is 0 Å². The molecule has 0 aromatic heterocycles. The fourth-order valence-corrected chi connectivity index (χ4v) is 4.35. The van der Waals surface area contributed by atoms with Crippen LogP contribution in [0, 0.1) is 5.92 Å². The van der Waals surface area contributed by atoms with Gasteiger partial charge in [-0.25, -0.2) is 0 Å². The SMILES string of the molecule is O=C(Nc1ccc(N2CCCC2)cc1)C(=O)N1CCC(Cc2ccccc2)CC1. The number of rotatable bonds is 4. The van der Waals surface area contributed by atoms with Crippen LogP contribution >= 0.6 is 0 Å². The molecule has 1 N–H and O–H groups in total. The minimum Gasteiger partial charge on any atom is -0.372 e. The third-order valence-electron chi connectivity index (χ3n) is 6.06. The van der Waals surface area contributed by atoms with Crippen molar-refractivity contribution in [3.63, 3.8) is 0 Å². The lowest BCUT2D eigenvalue weighted by Crippen LogP contribution is -2.44. The van der Waals surface area contributed by atoms with Crippen LogP contribution in [0.4, 0.5) is 11.4 Å². The number of hydrogen-bond donors (Lipinski definition) is 1. The summed E-state index contributed by atoms with van der Waals surface area (Å²) in [7, 11) is 0. The number of piperidine rings is 1. The van der Waals surface area contributed by atoms with E-state index in [1.165, 1.54) is 24.1 Å². The molecule has 2 aliphatic rings. The topological polar surface area (TPSA) is 52.7 Å². The van der Waals surface area contributed by atoms with Gasteiger partial charge < -0.3 is 15.1 Å². The van der Waals surface area contributed by atoms with Crippen molar-refractivity contribution >= 4 is 23.2 Å². The second kappa shape index (κ2) is 9.12. The van der Waals surface area contributed by atoms with Crippen molar-refractivity contribution in [2.45, 2.75) is 32.1 Å². The summed E-state index contributed by atoms with van der Waals surface area (Å²) in [6, 6.07) is 18.3. The fraction of sp³-hybridized carbons (Fsp3) is 0.417. The van der Waals surface area contributed by atoms with Gasteiger partial charge >= 0.3 is 11.8 Å². The predicted octanol–water partition coefficient (Wildman–Crippen LogP) is 3.71. The van der Waals surface area contributed by atoms with Gasteiger partial charge in [0.15, 0.2) is 0 Å². The second-order valence-electron chi connectivity index (χ2n) is 8.12. The molecule has 0 atom stereocenters. The standard InChI is InChI=1S/C24H29N3O2/c28-23(25-21-8-10-22(11-9-21)26-14-4-5-15-26)24(29)27-16-12-20(13-17-27)18-19-6-2-1-3-7-19/h1-3,6-11,20H,4-5,12-18H2,(H,25,28). The summed E-state index contributed by atoms with van der Waals surface area (Å²) >= 11 is 0. The predicted molar refractivity (Wildman–Crippen MR) is 116 cm³/mol. The average Bonchev–Trinajstić information content (AvgIpc) is 3.30. The average molecular weight is 392 g/mol. The highest BCUT2D eigenvalue weighted by Crippen LogP contribution is 2.23. The van der Waals surface area contributed by atoms with Crippen LogP contribution in [0.5, 0.6) is 0 Å². The van der Waals surface area contributed by atoms with Gasteiger partial charge in [-0.3, -0.25) is 9.59 Å². The van der Waals surface area contributed by atoms with Gasteiger partial charge in [-0.15, -0.1) is 0 Å². The molecule has 2 aromatic carbocycles. The van der Waals surface area contributed by atoms with Gasteiger partial charge in [0.25, 0.3) is 0 Å². The molecule has 4 rings (SSSR count). The highest BCUT2D eigenvalue weighted by Gasteiger charge is 2.27. The highest BCUT2D eigenvalue weighted by atomic mass is 16.2. The summed E-state index contributed by atoms with van der Waals surface area (Å²) in [5.41, 5.74) is 3.19. The molecule has 2 aliphatic heterocycles. The largest absolute Gasteiger partial charge is 0.372 e. The molecule has 2 amide bonds. The summed E-state index contributed by atoms with van der Waals surface area (Å²) < 4.78 is 0. The molecule has 5 nitrogen and oxygen atoms in total. The Hall–Kier alpha value is -2.82. The van der Waals surface area contributed by atoms with Crippen molar-refractivity contribution in [1.82, 2.24) is 4.90 Å². The van der Waals surface area contributed by atoms with E-state index in [4.69, 9.17) is 0 Å². The molecular formula is C24H29N3O2. The van der Waals surface area contributed by atoms with Gasteiger partial charge in [0.1, 0.15) is 0 Å². The Morgan fingerprint density at radius 1 is 0.862 bits per heavy atom. The number of amides is 2. The third-order valence-corrected chi connectivity index (χ3v) is 6.06. The van der Waals surface area contributed by atoms with Crippen LogP contribution in [0.1, 0.15) is 31.2 Å². The van der Waals surface area contributed by atoms with Crippen molar-refractivity contribution < 1.29 is 9.59 Å². The molecule has 0 unspecified atom stereocenters. The van der Waals surface area contributed by atoms with E-state index in [-0.39, 0.29) is 0 Å². The van der Waals surface area contributed by atoms with Crippen molar-refractivity contribution in [3.8, 4) is 0 Å². The second-order valence-corrected chi connectivity index (χ2v) is 8.12. The Balaban J connectivity index is 1.25. The number of carbonyl (C=O) groups is 2. The van der Waals surface area contributed by atoms with Gasteiger partial charge in [-0.2, -0.15) is 0 Å². The van der Waals surface area contributed by atoms with Crippen LogP contribution in [-0.4, -0.2) is 42.9 Å². The number of carbonyl (C=O) groups excluding carboxylic acids is 2. The summed E-state index contributed by atoms with van der Waals surface area (Å²) in [5, 5.41) is 2.76. The van der Waals surface area contributed by atoms with Crippen molar-refractivity contribution in [2.75, 3.05) is 36.4 Å². The zero-order valence-electron chi connectivity index (χ0n) is 16.8. The maximum Gasteiger partial charge on any atom is 0.313 e. The van der Waals surface area contributed by atoms with Crippen LogP contribution < -0.4 is 10.2 Å². The van der Waals surface area contributed by atoms with Gasteiger partial charge in [0, 0.05) is 37.6 Å². The van der Waals surface area contributed by atoms with E-state index in [1.807, 2.05) is 30.3 Å². The van der Waals surface area contributed by atoms with E-state index in [9.17, 15) is 9.59 Å². The molecule has 2 saturated heterocycles. The summed E-state index contributed by atoms with van der Waals surface area (Å²) in [6.45, 7) is 3.48. The zero-order valence-corrected chi connectivity index (χ0v) is 16.8. The molecule has 0 saturated carbocycles. The highest BCUT2D eigenvalue weighted by molar-refractivity contribution is 6.39. The van der Waals surface area contributed by atoms with Crippen LogP contribution in [-0.2, 0) is 16.0 Å². The van der Waals surface area contributed by atoms with Crippen LogP contribution in [0.15, 0.2) is 54.6 Å². The molecule has 2 heterocycles.